The summed E-state index contributed by atoms with van der Waals surface area (Å²) in [6.45, 7) is 9.34. The van der Waals surface area contributed by atoms with Crippen LogP contribution in [0, 0.1) is 12.3 Å². The van der Waals surface area contributed by atoms with Gasteiger partial charge in [0.25, 0.3) is 0 Å². The van der Waals surface area contributed by atoms with E-state index in [9.17, 15) is 4.79 Å². The molecule has 0 bridgehead atoms. The number of nitrogens with one attached hydrogen (secondary N) is 1. The maximum absolute atomic E-state index is 12.4. The van der Waals surface area contributed by atoms with Crippen LogP contribution in [-0.2, 0) is 0 Å². The van der Waals surface area contributed by atoms with Gasteiger partial charge in [-0.15, -0.1) is 0 Å². The number of nitrogens with zero attached hydrogens (tertiary/aromatic N) is 1. The van der Waals surface area contributed by atoms with Gasteiger partial charge >= 0.3 is 6.03 Å². The van der Waals surface area contributed by atoms with Crippen LogP contribution >= 0.6 is 11.6 Å². The number of rotatable bonds is 5. The highest BCUT2D eigenvalue weighted by Crippen LogP contribution is 2.24. The summed E-state index contributed by atoms with van der Waals surface area (Å²) in [6.07, 6.45) is 0.567. The fourth-order valence-electron chi connectivity index (χ4n) is 2.02. The van der Waals surface area contributed by atoms with Gasteiger partial charge in [-0.05, 0) is 36.5 Å². The van der Waals surface area contributed by atoms with Gasteiger partial charge in [-0.2, -0.15) is 0 Å². The number of hydrogen-bond acceptors (Lipinski definition) is 2. The first-order chi connectivity index (χ1) is 9.74. The molecule has 4 nitrogen and oxygen atoms in total. The van der Waals surface area contributed by atoms with E-state index in [4.69, 9.17) is 16.7 Å². The van der Waals surface area contributed by atoms with E-state index in [1.54, 1.807) is 11.0 Å². The van der Waals surface area contributed by atoms with Gasteiger partial charge in [0.1, 0.15) is 0 Å². The number of amides is 2. The minimum Gasteiger partial charge on any atom is -0.396 e. The second kappa shape index (κ2) is 7.66. The minimum atomic E-state index is -0.163. The summed E-state index contributed by atoms with van der Waals surface area (Å²) in [5.74, 6) is 0. The Labute approximate surface area is 132 Å². The zero-order valence-corrected chi connectivity index (χ0v) is 14.0. The van der Waals surface area contributed by atoms with Crippen molar-refractivity contribution in [1.29, 1.82) is 0 Å². The highest BCUT2D eigenvalue weighted by atomic mass is 35.5. The molecule has 5 heteroatoms. The van der Waals surface area contributed by atoms with Crippen molar-refractivity contribution in [3.8, 4) is 0 Å². The summed E-state index contributed by atoms with van der Waals surface area (Å²) in [5, 5.41) is 12.5. The van der Waals surface area contributed by atoms with Gasteiger partial charge in [0, 0.05) is 30.4 Å². The van der Waals surface area contributed by atoms with Crippen molar-refractivity contribution in [1.82, 2.24) is 4.90 Å². The molecule has 0 saturated heterocycles. The number of aliphatic hydroxyl groups is 1. The molecule has 21 heavy (non-hydrogen) atoms. The summed E-state index contributed by atoms with van der Waals surface area (Å²) in [4.78, 5) is 14.2. The lowest BCUT2D eigenvalue weighted by Gasteiger charge is -2.30. The van der Waals surface area contributed by atoms with Gasteiger partial charge in [0.05, 0.1) is 0 Å². The summed E-state index contributed by atoms with van der Waals surface area (Å²) < 4.78 is 0. The summed E-state index contributed by atoms with van der Waals surface area (Å²) >= 11 is 6.07. The smallest absolute Gasteiger partial charge is 0.321 e. The second-order valence-electron chi connectivity index (χ2n) is 6.40. The summed E-state index contributed by atoms with van der Waals surface area (Å²) in [6, 6.07) is 5.28. The van der Waals surface area contributed by atoms with Crippen LogP contribution < -0.4 is 5.32 Å². The average Bonchev–Trinajstić information content (AvgIpc) is 2.38. The van der Waals surface area contributed by atoms with Gasteiger partial charge in [-0.1, -0.05) is 38.4 Å². The quantitative estimate of drug-likeness (QED) is 0.866. The fraction of sp³-hybridized carbons (Fsp3) is 0.562. The lowest BCUT2D eigenvalue weighted by Crippen LogP contribution is -2.41. The first kappa shape index (κ1) is 17.8. The largest absolute Gasteiger partial charge is 0.396 e. The van der Waals surface area contributed by atoms with E-state index in [1.807, 2.05) is 19.1 Å². The highest BCUT2D eigenvalue weighted by Gasteiger charge is 2.21. The Morgan fingerprint density at radius 2 is 2.05 bits per heavy atom. The Hall–Kier alpha value is -1.26. The third kappa shape index (κ3) is 5.94. The van der Waals surface area contributed by atoms with E-state index < -0.39 is 0 Å². The number of hydrogen-bond donors (Lipinski definition) is 2. The van der Waals surface area contributed by atoms with Crippen molar-refractivity contribution in [3.05, 3.63) is 28.8 Å². The van der Waals surface area contributed by atoms with Crippen molar-refractivity contribution < 1.29 is 9.90 Å². The Bertz CT molecular complexity index is 484. The average molecular weight is 313 g/mol. The molecule has 0 atom stereocenters. The molecule has 1 aromatic rings. The first-order valence-corrected chi connectivity index (χ1v) is 7.54. The SMILES string of the molecule is Cc1c(Cl)cccc1NC(=O)N(CCCO)CC(C)(C)C. The van der Waals surface area contributed by atoms with Crippen molar-refractivity contribution in [3.63, 3.8) is 0 Å². The second-order valence-corrected chi connectivity index (χ2v) is 6.81. The van der Waals surface area contributed by atoms with Gasteiger partial charge in [0.15, 0.2) is 0 Å². The summed E-state index contributed by atoms with van der Waals surface area (Å²) in [7, 11) is 0. The summed E-state index contributed by atoms with van der Waals surface area (Å²) in [5.41, 5.74) is 1.57. The van der Waals surface area contributed by atoms with Crippen LogP contribution in [0.5, 0.6) is 0 Å². The van der Waals surface area contributed by atoms with E-state index >= 15 is 0 Å². The molecule has 0 radical (unpaired) electrons. The molecule has 0 fully saturated rings. The lowest BCUT2D eigenvalue weighted by molar-refractivity contribution is 0.176. The number of benzene rings is 1. The number of carbonyl (C=O) groups is 1. The van der Waals surface area contributed by atoms with Crippen LogP contribution in [-0.4, -0.2) is 35.7 Å². The standard InChI is InChI=1S/C16H25ClN2O2/c1-12-13(17)7-5-8-14(12)18-15(21)19(9-6-10-20)11-16(2,3)4/h5,7-8,20H,6,9-11H2,1-4H3,(H,18,21). The normalized spacial score (nSPS) is 11.3. The predicted octanol–water partition coefficient (Wildman–Crippen LogP) is 3.91. The molecule has 1 aromatic carbocycles. The van der Waals surface area contributed by atoms with E-state index in [1.165, 1.54) is 0 Å². The number of carbonyl (C=O) groups excluding carboxylic acids is 1. The van der Waals surface area contributed by atoms with Crippen molar-refractivity contribution in [2.45, 2.75) is 34.1 Å². The predicted molar refractivity (Wildman–Crippen MR) is 87.9 cm³/mol. The molecule has 0 spiro atoms. The van der Waals surface area contributed by atoms with Crippen LogP contribution in [0.3, 0.4) is 0 Å². The molecule has 0 aromatic heterocycles. The first-order valence-electron chi connectivity index (χ1n) is 7.16. The minimum absolute atomic E-state index is 0.00380. The Morgan fingerprint density at radius 3 is 2.62 bits per heavy atom. The van der Waals surface area contributed by atoms with E-state index in [0.717, 1.165) is 11.3 Å². The molecule has 0 heterocycles. The van der Waals surface area contributed by atoms with Crippen LogP contribution in [0.25, 0.3) is 0 Å². The Kier molecular flexibility index (Phi) is 6.49. The Morgan fingerprint density at radius 1 is 1.38 bits per heavy atom. The van der Waals surface area contributed by atoms with Gasteiger partial charge in [-0.25, -0.2) is 4.79 Å². The molecule has 0 aliphatic rings. The van der Waals surface area contributed by atoms with Crippen molar-refractivity contribution >= 4 is 23.3 Å². The van der Waals surface area contributed by atoms with Crippen LogP contribution in [0.4, 0.5) is 10.5 Å². The van der Waals surface area contributed by atoms with Crippen LogP contribution in [0.15, 0.2) is 18.2 Å². The molecule has 2 amide bonds. The third-order valence-electron chi connectivity index (χ3n) is 3.05. The fourth-order valence-corrected chi connectivity index (χ4v) is 2.20. The van der Waals surface area contributed by atoms with E-state index in [2.05, 4.69) is 26.1 Å². The number of anilines is 1. The molecular weight excluding hydrogens is 288 g/mol. The molecule has 0 unspecified atom stereocenters. The molecule has 118 valence electrons. The van der Waals surface area contributed by atoms with Gasteiger partial charge in [-0.3, -0.25) is 0 Å². The zero-order chi connectivity index (χ0) is 16.0. The Balaban J connectivity index is 2.82. The highest BCUT2D eigenvalue weighted by molar-refractivity contribution is 6.31. The van der Waals surface area contributed by atoms with Crippen LogP contribution in [0.2, 0.25) is 5.02 Å². The molecule has 0 aliphatic heterocycles. The van der Waals surface area contributed by atoms with E-state index in [-0.39, 0.29) is 18.1 Å². The van der Waals surface area contributed by atoms with Gasteiger partial charge < -0.3 is 15.3 Å². The van der Waals surface area contributed by atoms with Gasteiger partial charge in [0.2, 0.25) is 0 Å². The maximum atomic E-state index is 12.4. The zero-order valence-electron chi connectivity index (χ0n) is 13.2. The third-order valence-corrected chi connectivity index (χ3v) is 3.46. The molecule has 0 saturated carbocycles. The van der Waals surface area contributed by atoms with Crippen LogP contribution in [0.1, 0.15) is 32.8 Å². The van der Waals surface area contributed by atoms with E-state index in [0.29, 0.717) is 24.5 Å². The lowest BCUT2D eigenvalue weighted by atomic mass is 9.96. The maximum Gasteiger partial charge on any atom is 0.321 e. The topological polar surface area (TPSA) is 52.6 Å². The van der Waals surface area contributed by atoms with Crippen molar-refractivity contribution in [2.75, 3.05) is 25.0 Å². The molecule has 0 aliphatic carbocycles. The number of urea groups is 1. The molecule has 2 N–H and O–H groups in total. The van der Waals surface area contributed by atoms with Crippen molar-refractivity contribution in [2.24, 2.45) is 5.41 Å². The number of aliphatic hydroxyl groups excluding tert-OH is 1. The monoisotopic (exact) mass is 312 g/mol. The molecular formula is C16H25ClN2O2. The number of halogens is 1. The molecule has 1 rings (SSSR count).